The molecule has 23 heavy (non-hydrogen) atoms. The molecule has 1 aliphatic rings. The van der Waals surface area contributed by atoms with E-state index in [1.807, 2.05) is 19.1 Å². The van der Waals surface area contributed by atoms with E-state index in [0.717, 1.165) is 50.0 Å². The van der Waals surface area contributed by atoms with Crippen LogP contribution in [0.2, 0.25) is 0 Å². The van der Waals surface area contributed by atoms with Gasteiger partial charge in [-0.05, 0) is 25.3 Å². The summed E-state index contributed by atoms with van der Waals surface area (Å²) in [6.45, 7) is 4.43. The molecule has 1 fully saturated rings. The predicted octanol–water partition coefficient (Wildman–Crippen LogP) is 3.01. The number of ether oxygens (including phenoxy) is 1. The molecule has 1 aromatic carbocycles. The lowest BCUT2D eigenvalue weighted by Gasteiger charge is -2.20. The second-order valence-electron chi connectivity index (χ2n) is 6.02. The summed E-state index contributed by atoms with van der Waals surface area (Å²) in [7, 11) is 2.05. The number of nitrogens with one attached hydrogen (secondary N) is 1. The summed E-state index contributed by atoms with van der Waals surface area (Å²) in [6, 6.07) is 12.4. The maximum Gasteiger partial charge on any atom is 0.134 e. The summed E-state index contributed by atoms with van der Waals surface area (Å²) in [6.07, 6.45) is 2.58. The molecule has 0 bridgehead atoms. The van der Waals surface area contributed by atoms with Crippen LogP contribution < -0.4 is 10.2 Å². The van der Waals surface area contributed by atoms with Crippen LogP contribution >= 0.6 is 0 Å². The number of rotatable bonds is 6. The molecule has 2 heterocycles. The number of nitrogens with zero attached hydrogens (tertiary/aromatic N) is 3. The minimum absolute atomic E-state index is 0.302. The number of hydrogen-bond donors (Lipinski definition) is 1. The van der Waals surface area contributed by atoms with Gasteiger partial charge in [0.05, 0.1) is 6.10 Å². The normalized spacial score (nSPS) is 17.2. The average Bonchev–Trinajstić information content (AvgIpc) is 3.07. The number of anilines is 2. The zero-order valence-corrected chi connectivity index (χ0v) is 13.8. The highest BCUT2D eigenvalue weighted by atomic mass is 16.5. The molecule has 0 amide bonds. The van der Waals surface area contributed by atoms with E-state index >= 15 is 0 Å². The van der Waals surface area contributed by atoms with Gasteiger partial charge in [-0.15, -0.1) is 0 Å². The first-order valence-corrected chi connectivity index (χ1v) is 8.17. The highest BCUT2D eigenvalue weighted by Gasteiger charge is 2.15. The fourth-order valence-electron chi connectivity index (χ4n) is 2.80. The van der Waals surface area contributed by atoms with Gasteiger partial charge in [0.15, 0.2) is 0 Å². The van der Waals surface area contributed by atoms with Crippen LogP contribution in [0, 0.1) is 6.92 Å². The molecule has 5 nitrogen and oxygen atoms in total. The second kappa shape index (κ2) is 7.42. The van der Waals surface area contributed by atoms with Gasteiger partial charge in [0.1, 0.15) is 17.5 Å². The van der Waals surface area contributed by atoms with Gasteiger partial charge in [-0.3, -0.25) is 0 Å². The highest BCUT2D eigenvalue weighted by molar-refractivity contribution is 5.49. The van der Waals surface area contributed by atoms with Crippen LogP contribution in [-0.2, 0) is 11.3 Å². The lowest BCUT2D eigenvalue weighted by Crippen LogP contribution is -2.21. The first-order valence-electron chi connectivity index (χ1n) is 8.17. The zero-order valence-electron chi connectivity index (χ0n) is 13.8. The van der Waals surface area contributed by atoms with E-state index < -0.39 is 0 Å². The third-order valence-corrected chi connectivity index (χ3v) is 4.01. The van der Waals surface area contributed by atoms with E-state index in [0.29, 0.717) is 6.10 Å². The number of aromatic nitrogens is 2. The van der Waals surface area contributed by atoms with Crippen molar-refractivity contribution in [1.82, 2.24) is 9.97 Å². The van der Waals surface area contributed by atoms with Gasteiger partial charge in [-0.2, -0.15) is 0 Å². The lowest BCUT2D eigenvalue weighted by atomic mass is 10.2. The molecule has 0 saturated carbocycles. The molecular weight excluding hydrogens is 288 g/mol. The summed E-state index contributed by atoms with van der Waals surface area (Å²) in [4.78, 5) is 11.2. The highest BCUT2D eigenvalue weighted by Crippen LogP contribution is 2.18. The third-order valence-electron chi connectivity index (χ3n) is 4.01. The predicted molar refractivity (Wildman–Crippen MR) is 92.8 cm³/mol. The van der Waals surface area contributed by atoms with Crippen LogP contribution in [0.4, 0.5) is 11.6 Å². The molecule has 1 atom stereocenters. The van der Waals surface area contributed by atoms with E-state index in [-0.39, 0.29) is 0 Å². The fraction of sp³-hybridized carbons (Fsp3) is 0.444. The molecule has 1 saturated heterocycles. The Hall–Kier alpha value is -2.14. The van der Waals surface area contributed by atoms with Crippen molar-refractivity contribution >= 4 is 11.6 Å². The van der Waals surface area contributed by atoms with Crippen LogP contribution in [0.1, 0.15) is 24.2 Å². The van der Waals surface area contributed by atoms with E-state index in [2.05, 4.69) is 51.5 Å². The van der Waals surface area contributed by atoms with Crippen molar-refractivity contribution in [3.8, 4) is 0 Å². The Morgan fingerprint density at radius 3 is 2.83 bits per heavy atom. The van der Waals surface area contributed by atoms with Gasteiger partial charge < -0.3 is 15.0 Å². The Bertz CT molecular complexity index is 626. The second-order valence-corrected chi connectivity index (χ2v) is 6.02. The minimum Gasteiger partial charge on any atom is -0.376 e. The van der Waals surface area contributed by atoms with Crippen molar-refractivity contribution in [2.45, 2.75) is 32.4 Å². The number of hydrogen-bond acceptors (Lipinski definition) is 5. The van der Waals surface area contributed by atoms with Crippen molar-refractivity contribution in [2.75, 3.05) is 30.4 Å². The Morgan fingerprint density at radius 1 is 1.26 bits per heavy atom. The summed E-state index contributed by atoms with van der Waals surface area (Å²) < 4.78 is 5.65. The largest absolute Gasteiger partial charge is 0.376 e. The van der Waals surface area contributed by atoms with Crippen molar-refractivity contribution in [3.63, 3.8) is 0 Å². The summed E-state index contributed by atoms with van der Waals surface area (Å²) in [5.74, 6) is 2.57. The standard InChI is InChI=1S/C18H24N4O/c1-14-20-17(19-12-16-9-6-10-23-16)11-18(21-14)22(2)13-15-7-4-3-5-8-15/h3-5,7-8,11,16H,6,9-10,12-13H2,1-2H3,(H,19,20,21). The maximum absolute atomic E-state index is 5.65. The van der Waals surface area contributed by atoms with Crippen LogP contribution in [0.25, 0.3) is 0 Å². The molecule has 1 N–H and O–H groups in total. The van der Waals surface area contributed by atoms with Gasteiger partial charge in [-0.25, -0.2) is 9.97 Å². The SMILES string of the molecule is Cc1nc(NCC2CCCO2)cc(N(C)Cc2ccccc2)n1. The zero-order chi connectivity index (χ0) is 16.1. The molecule has 0 radical (unpaired) electrons. The Kier molecular flexibility index (Phi) is 5.08. The molecule has 0 aliphatic carbocycles. The van der Waals surface area contributed by atoms with Crippen LogP contribution in [-0.4, -0.2) is 36.3 Å². The molecule has 0 spiro atoms. The van der Waals surface area contributed by atoms with Crippen molar-refractivity contribution in [2.24, 2.45) is 0 Å². The Morgan fingerprint density at radius 2 is 2.09 bits per heavy atom. The average molecular weight is 312 g/mol. The first-order chi connectivity index (χ1) is 11.2. The van der Waals surface area contributed by atoms with E-state index in [1.165, 1.54) is 5.56 Å². The van der Waals surface area contributed by atoms with Gasteiger partial charge in [0.2, 0.25) is 0 Å². The molecule has 2 aromatic rings. The van der Waals surface area contributed by atoms with E-state index in [9.17, 15) is 0 Å². The Balaban J connectivity index is 1.66. The van der Waals surface area contributed by atoms with E-state index in [1.54, 1.807) is 0 Å². The quantitative estimate of drug-likeness (QED) is 0.888. The molecule has 122 valence electrons. The van der Waals surface area contributed by atoms with Crippen molar-refractivity contribution in [3.05, 3.63) is 47.8 Å². The van der Waals surface area contributed by atoms with Crippen molar-refractivity contribution in [1.29, 1.82) is 0 Å². The van der Waals surface area contributed by atoms with Gasteiger partial charge >= 0.3 is 0 Å². The molecule has 5 heteroatoms. The Labute approximate surface area is 137 Å². The lowest BCUT2D eigenvalue weighted by molar-refractivity contribution is 0.120. The van der Waals surface area contributed by atoms with Crippen LogP contribution in [0.3, 0.4) is 0 Å². The molecule has 1 unspecified atom stereocenters. The smallest absolute Gasteiger partial charge is 0.134 e. The molecular formula is C18H24N4O. The van der Waals surface area contributed by atoms with Gasteiger partial charge in [-0.1, -0.05) is 30.3 Å². The minimum atomic E-state index is 0.302. The topological polar surface area (TPSA) is 50.3 Å². The summed E-state index contributed by atoms with van der Waals surface area (Å²) in [5, 5.41) is 3.38. The fourth-order valence-corrected chi connectivity index (χ4v) is 2.80. The molecule has 1 aromatic heterocycles. The number of aryl methyl sites for hydroxylation is 1. The van der Waals surface area contributed by atoms with Crippen molar-refractivity contribution < 1.29 is 4.74 Å². The molecule has 1 aliphatic heterocycles. The number of benzene rings is 1. The van der Waals surface area contributed by atoms with E-state index in [4.69, 9.17) is 4.74 Å². The van der Waals surface area contributed by atoms with Crippen LogP contribution in [0.5, 0.6) is 0 Å². The van der Waals surface area contributed by atoms with Gasteiger partial charge in [0.25, 0.3) is 0 Å². The van der Waals surface area contributed by atoms with Crippen LogP contribution in [0.15, 0.2) is 36.4 Å². The first kappa shape index (κ1) is 15.7. The summed E-state index contributed by atoms with van der Waals surface area (Å²) in [5.41, 5.74) is 1.26. The molecule has 3 rings (SSSR count). The monoisotopic (exact) mass is 312 g/mol. The maximum atomic E-state index is 5.65. The van der Waals surface area contributed by atoms with Gasteiger partial charge in [0, 0.05) is 32.8 Å². The summed E-state index contributed by atoms with van der Waals surface area (Å²) >= 11 is 0. The third kappa shape index (κ3) is 4.42.